The summed E-state index contributed by atoms with van der Waals surface area (Å²) in [6.07, 6.45) is 0.332. The molecule has 15 heavy (non-hydrogen) atoms. The summed E-state index contributed by atoms with van der Waals surface area (Å²) in [5.74, 6) is -2.35. The molecule has 1 aromatic rings. The molecule has 1 saturated heterocycles. The lowest BCUT2D eigenvalue weighted by atomic mass is 10.0. The summed E-state index contributed by atoms with van der Waals surface area (Å²) in [5.41, 5.74) is 0.953. The second-order valence-corrected chi connectivity index (χ2v) is 3.60. The lowest BCUT2D eigenvalue weighted by Gasteiger charge is -2.08. The van der Waals surface area contributed by atoms with Gasteiger partial charge in [0.2, 0.25) is 5.91 Å². The van der Waals surface area contributed by atoms with Crippen LogP contribution >= 0.6 is 0 Å². The summed E-state index contributed by atoms with van der Waals surface area (Å²) in [5, 5.41) is 11.5. The summed E-state index contributed by atoms with van der Waals surface area (Å²) < 4.78 is 0. The predicted octanol–water partition coefficient (Wildman–Crippen LogP) is 0.948. The lowest BCUT2D eigenvalue weighted by molar-refractivity contribution is -0.145. The number of nitrogens with one attached hydrogen (secondary N) is 1. The van der Waals surface area contributed by atoms with Gasteiger partial charge >= 0.3 is 5.97 Å². The Morgan fingerprint density at radius 3 is 2.53 bits per heavy atom. The maximum atomic E-state index is 11.3. The third-order valence-corrected chi connectivity index (χ3v) is 2.60. The second kappa shape index (κ2) is 3.73. The maximum absolute atomic E-state index is 11.3. The first-order valence-corrected chi connectivity index (χ1v) is 4.76. The molecule has 2 N–H and O–H groups in total. The Kier molecular flexibility index (Phi) is 2.41. The largest absolute Gasteiger partial charge is 0.481 e. The van der Waals surface area contributed by atoms with Crippen molar-refractivity contribution in [3.05, 3.63) is 35.9 Å². The Bertz CT molecular complexity index is 388. The number of carbonyl (C=O) groups excluding carboxylic acids is 1. The van der Waals surface area contributed by atoms with E-state index < -0.39 is 17.8 Å². The van der Waals surface area contributed by atoms with Crippen LogP contribution < -0.4 is 5.32 Å². The molecule has 0 unspecified atom stereocenters. The standard InChI is InChI=1S/C11H11NO3/c13-10-8(11(14)15)6-9(12-10)7-4-2-1-3-5-7/h1-5,8-9H,6H2,(H,12,13)(H,14,15)/t8-,9+/m0/s1. The van der Waals surface area contributed by atoms with Crippen LogP contribution in [0.3, 0.4) is 0 Å². The van der Waals surface area contributed by atoms with Gasteiger partial charge in [-0.15, -0.1) is 0 Å². The molecular weight excluding hydrogens is 194 g/mol. The summed E-state index contributed by atoms with van der Waals surface area (Å²) >= 11 is 0. The number of hydrogen-bond acceptors (Lipinski definition) is 2. The molecule has 4 heteroatoms. The Morgan fingerprint density at radius 1 is 1.33 bits per heavy atom. The number of benzene rings is 1. The van der Waals surface area contributed by atoms with Gasteiger partial charge in [-0.2, -0.15) is 0 Å². The molecule has 4 nitrogen and oxygen atoms in total. The molecule has 0 aliphatic carbocycles. The average Bonchev–Trinajstić information content (AvgIpc) is 2.62. The maximum Gasteiger partial charge on any atom is 0.316 e. The van der Waals surface area contributed by atoms with Gasteiger partial charge in [0.25, 0.3) is 0 Å². The molecule has 0 spiro atoms. The zero-order valence-corrected chi connectivity index (χ0v) is 8.01. The number of carbonyl (C=O) groups is 2. The van der Waals surface area contributed by atoms with Crippen molar-refractivity contribution < 1.29 is 14.7 Å². The van der Waals surface area contributed by atoms with Crippen LogP contribution in [0.4, 0.5) is 0 Å². The quantitative estimate of drug-likeness (QED) is 0.706. The highest BCUT2D eigenvalue weighted by Crippen LogP contribution is 2.27. The van der Waals surface area contributed by atoms with Crippen LogP contribution in [0.1, 0.15) is 18.0 Å². The van der Waals surface area contributed by atoms with Crippen LogP contribution in [0.25, 0.3) is 0 Å². The van der Waals surface area contributed by atoms with Crippen LogP contribution in [-0.4, -0.2) is 17.0 Å². The van der Waals surface area contributed by atoms with E-state index in [0.717, 1.165) is 5.56 Å². The highest BCUT2D eigenvalue weighted by Gasteiger charge is 2.37. The first kappa shape index (κ1) is 9.71. The highest BCUT2D eigenvalue weighted by atomic mass is 16.4. The Hall–Kier alpha value is -1.84. The monoisotopic (exact) mass is 205 g/mol. The fourth-order valence-electron chi connectivity index (χ4n) is 1.79. The second-order valence-electron chi connectivity index (χ2n) is 3.60. The van der Waals surface area contributed by atoms with Gasteiger partial charge in [-0.3, -0.25) is 9.59 Å². The number of aliphatic carboxylic acids is 1. The van der Waals surface area contributed by atoms with Crippen molar-refractivity contribution in [3.8, 4) is 0 Å². The fraction of sp³-hybridized carbons (Fsp3) is 0.273. The van der Waals surface area contributed by atoms with E-state index in [1.54, 1.807) is 0 Å². The molecule has 0 bridgehead atoms. The van der Waals surface area contributed by atoms with Crippen LogP contribution in [0, 0.1) is 5.92 Å². The van der Waals surface area contributed by atoms with Crippen molar-refractivity contribution in [2.75, 3.05) is 0 Å². The molecular formula is C11H11NO3. The van der Waals surface area contributed by atoms with Crippen molar-refractivity contribution >= 4 is 11.9 Å². The molecule has 1 aliphatic heterocycles. The molecule has 1 aliphatic rings. The average molecular weight is 205 g/mol. The molecule has 1 amide bonds. The van der Waals surface area contributed by atoms with Crippen molar-refractivity contribution in [3.63, 3.8) is 0 Å². The van der Waals surface area contributed by atoms with Crippen molar-refractivity contribution in [1.82, 2.24) is 5.32 Å². The molecule has 0 saturated carbocycles. The number of carboxylic acid groups (broad SMARTS) is 1. The van der Waals surface area contributed by atoms with Crippen LogP contribution in [0.5, 0.6) is 0 Å². The van der Waals surface area contributed by atoms with Gasteiger partial charge in [0.1, 0.15) is 5.92 Å². The van der Waals surface area contributed by atoms with E-state index >= 15 is 0 Å². The topological polar surface area (TPSA) is 66.4 Å². The highest BCUT2D eigenvalue weighted by molar-refractivity contribution is 5.98. The van der Waals surface area contributed by atoms with E-state index in [-0.39, 0.29) is 6.04 Å². The summed E-state index contributed by atoms with van der Waals surface area (Å²) in [6.45, 7) is 0. The van der Waals surface area contributed by atoms with Crippen LogP contribution in [0.15, 0.2) is 30.3 Å². The first-order chi connectivity index (χ1) is 7.18. The molecule has 1 fully saturated rings. The molecule has 0 radical (unpaired) electrons. The van der Waals surface area contributed by atoms with E-state index in [2.05, 4.69) is 5.32 Å². The van der Waals surface area contributed by atoms with Gasteiger partial charge in [-0.05, 0) is 12.0 Å². The van der Waals surface area contributed by atoms with Gasteiger partial charge in [-0.25, -0.2) is 0 Å². The van der Waals surface area contributed by atoms with Crippen molar-refractivity contribution in [2.45, 2.75) is 12.5 Å². The minimum absolute atomic E-state index is 0.167. The van der Waals surface area contributed by atoms with E-state index in [1.807, 2.05) is 30.3 Å². The Morgan fingerprint density at radius 2 is 2.00 bits per heavy atom. The number of hydrogen-bond donors (Lipinski definition) is 2. The fourth-order valence-corrected chi connectivity index (χ4v) is 1.79. The minimum atomic E-state index is -1.05. The van der Waals surface area contributed by atoms with Gasteiger partial charge in [0.15, 0.2) is 0 Å². The smallest absolute Gasteiger partial charge is 0.316 e. The lowest BCUT2D eigenvalue weighted by Crippen LogP contribution is -2.25. The van der Waals surface area contributed by atoms with E-state index in [4.69, 9.17) is 5.11 Å². The minimum Gasteiger partial charge on any atom is -0.481 e. The molecule has 2 atom stereocenters. The first-order valence-electron chi connectivity index (χ1n) is 4.76. The van der Waals surface area contributed by atoms with Gasteiger partial charge in [0.05, 0.1) is 6.04 Å². The number of carboxylic acids is 1. The molecule has 1 aromatic carbocycles. The Labute approximate surface area is 86.9 Å². The van der Waals surface area contributed by atoms with E-state index in [1.165, 1.54) is 0 Å². The zero-order chi connectivity index (χ0) is 10.8. The molecule has 1 heterocycles. The predicted molar refractivity (Wildman–Crippen MR) is 53.1 cm³/mol. The molecule has 0 aromatic heterocycles. The van der Waals surface area contributed by atoms with Crippen molar-refractivity contribution in [1.29, 1.82) is 0 Å². The summed E-state index contributed by atoms with van der Waals surface area (Å²) in [6, 6.07) is 9.23. The Balaban J connectivity index is 2.16. The number of rotatable bonds is 2. The SMILES string of the molecule is O=C(O)[C@H]1C[C@H](c2ccccc2)NC1=O. The third kappa shape index (κ3) is 1.83. The molecule has 2 rings (SSSR count). The van der Waals surface area contributed by atoms with Crippen LogP contribution in [-0.2, 0) is 9.59 Å². The summed E-state index contributed by atoms with van der Waals surface area (Å²) in [4.78, 5) is 22.0. The van der Waals surface area contributed by atoms with E-state index in [0.29, 0.717) is 6.42 Å². The van der Waals surface area contributed by atoms with Crippen LogP contribution in [0.2, 0.25) is 0 Å². The van der Waals surface area contributed by atoms with Gasteiger partial charge in [-0.1, -0.05) is 30.3 Å². The van der Waals surface area contributed by atoms with Crippen molar-refractivity contribution in [2.24, 2.45) is 5.92 Å². The third-order valence-electron chi connectivity index (χ3n) is 2.60. The van der Waals surface area contributed by atoms with Gasteiger partial charge in [0, 0.05) is 0 Å². The number of amides is 1. The van der Waals surface area contributed by atoms with Gasteiger partial charge < -0.3 is 10.4 Å². The zero-order valence-electron chi connectivity index (χ0n) is 8.01. The van der Waals surface area contributed by atoms with E-state index in [9.17, 15) is 9.59 Å². The summed E-state index contributed by atoms with van der Waals surface area (Å²) in [7, 11) is 0. The normalized spacial score (nSPS) is 24.9. The molecule has 78 valence electrons.